The van der Waals surface area contributed by atoms with Crippen LogP contribution in [0.2, 0.25) is 0 Å². The normalized spacial score (nSPS) is 16.0. The summed E-state index contributed by atoms with van der Waals surface area (Å²) in [6, 6.07) is 13.9. The van der Waals surface area contributed by atoms with Gasteiger partial charge in [0.05, 0.1) is 18.9 Å². The fourth-order valence-corrected chi connectivity index (χ4v) is 3.45. The number of aryl methyl sites for hydroxylation is 1. The first-order valence-corrected chi connectivity index (χ1v) is 10.2. The van der Waals surface area contributed by atoms with Gasteiger partial charge in [-0.1, -0.05) is 23.8 Å². The molecule has 2 aromatic carbocycles. The first kappa shape index (κ1) is 20.3. The van der Waals surface area contributed by atoms with Crippen LogP contribution in [0.15, 0.2) is 42.5 Å². The van der Waals surface area contributed by atoms with Gasteiger partial charge in [0.25, 0.3) is 0 Å². The molecule has 8 nitrogen and oxygen atoms in total. The zero-order valence-corrected chi connectivity index (χ0v) is 17.4. The molecule has 1 atom stereocenters. The smallest absolute Gasteiger partial charge is 0.194 e. The van der Waals surface area contributed by atoms with Gasteiger partial charge in [-0.3, -0.25) is 0 Å². The van der Waals surface area contributed by atoms with Gasteiger partial charge in [-0.15, -0.1) is 5.10 Å². The van der Waals surface area contributed by atoms with Gasteiger partial charge in [-0.05, 0) is 60.0 Å². The molecular formula is C22H27N5O3. The number of hydrogen-bond acceptors (Lipinski definition) is 7. The van der Waals surface area contributed by atoms with E-state index in [0.29, 0.717) is 23.4 Å². The highest BCUT2D eigenvalue weighted by Crippen LogP contribution is 2.29. The minimum Gasteiger partial charge on any atom is -0.493 e. The molecule has 30 heavy (non-hydrogen) atoms. The molecule has 1 N–H and O–H groups in total. The van der Waals surface area contributed by atoms with Gasteiger partial charge in [0.1, 0.15) is 0 Å². The number of nitrogens with one attached hydrogen (secondary N) is 1. The number of hydrogen-bond donors (Lipinski definition) is 1. The average molecular weight is 409 g/mol. The maximum absolute atomic E-state index is 5.97. The summed E-state index contributed by atoms with van der Waals surface area (Å²) < 4.78 is 18.8. The Morgan fingerprint density at radius 1 is 1.17 bits per heavy atom. The molecule has 1 unspecified atom stereocenters. The van der Waals surface area contributed by atoms with Crippen molar-refractivity contribution in [1.82, 2.24) is 25.5 Å². The number of methoxy groups -OCH3 is 1. The first-order chi connectivity index (χ1) is 14.7. The molecule has 1 fully saturated rings. The Kier molecular flexibility index (Phi) is 6.56. The highest BCUT2D eigenvalue weighted by Gasteiger charge is 2.15. The third-order valence-corrected chi connectivity index (χ3v) is 5.12. The lowest BCUT2D eigenvalue weighted by Crippen LogP contribution is -2.25. The summed E-state index contributed by atoms with van der Waals surface area (Å²) in [6.45, 7) is 4.76. The van der Waals surface area contributed by atoms with Crippen LogP contribution in [0.25, 0.3) is 5.69 Å². The van der Waals surface area contributed by atoms with Gasteiger partial charge in [0.15, 0.2) is 23.9 Å². The molecule has 4 rings (SSSR count). The number of tetrazole rings is 1. The van der Waals surface area contributed by atoms with E-state index in [4.69, 9.17) is 14.2 Å². The lowest BCUT2D eigenvalue weighted by molar-refractivity contribution is 0.110. The molecule has 158 valence electrons. The lowest BCUT2D eigenvalue weighted by atomic mass is 10.2. The number of nitrogens with zero attached hydrogens (tertiary/aromatic N) is 4. The molecule has 0 radical (unpaired) electrons. The second kappa shape index (κ2) is 9.69. The summed E-state index contributed by atoms with van der Waals surface area (Å²) in [5, 5.41) is 15.4. The molecule has 1 aliphatic rings. The summed E-state index contributed by atoms with van der Waals surface area (Å²) in [7, 11) is 1.64. The highest BCUT2D eigenvalue weighted by atomic mass is 16.5. The Morgan fingerprint density at radius 2 is 2.03 bits per heavy atom. The molecule has 0 saturated carbocycles. The Morgan fingerprint density at radius 3 is 2.80 bits per heavy atom. The minimum atomic E-state index is 0.230. The molecule has 2 heterocycles. The summed E-state index contributed by atoms with van der Waals surface area (Å²) in [6.07, 6.45) is 2.61. The summed E-state index contributed by atoms with van der Waals surface area (Å²) in [5.74, 6) is 1.95. The van der Waals surface area contributed by atoms with Crippen LogP contribution < -0.4 is 14.8 Å². The van der Waals surface area contributed by atoms with Gasteiger partial charge < -0.3 is 19.5 Å². The fraction of sp³-hybridized carbons (Fsp3) is 0.409. The van der Waals surface area contributed by atoms with Gasteiger partial charge in [-0.2, -0.15) is 4.68 Å². The van der Waals surface area contributed by atoms with E-state index in [1.54, 1.807) is 11.8 Å². The van der Waals surface area contributed by atoms with Gasteiger partial charge in [-0.25, -0.2) is 0 Å². The van der Waals surface area contributed by atoms with E-state index in [0.717, 1.165) is 43.8 Å². The van der Waals surface area contributed by atoms with Crippen LogP contribution in [-0.4, -0.2) is 46.6 Å². The third-order valence-electron chi connectivity index (χ3n) is 5.12. The standard InChI is InChI=1S/C22H27N5O3/c1-16-5-8-18(9-6-16)27-22(24-25-26-27)15-30-20-10-7-17(12-21(20)28-2)13-23-14-19-4-3-11-29-19/h5-10,12,19,23H,3-4,11,13-15H2,1-2H3. The van der Waals surface area contributed by atoms with Gasteiger partial charge >= 0.3 is 0 Å². The summed E-state index contributed by atoms with van der Waals surface area (Å²) >= 11 is 0. The summed E-state index contributed by atoms with van der Waals surface area (Å²) in [5.41, 5.74) is 3.20. The van der Waals surface area contributed by atoms with Crippen molar-refractivity contribution in [3.63, 3.8) is 0 Å². The molecule has 1 aromatic heterocycles. The van der Waals surface area contributed by atoms with E-state index in [2.05, 4.69) is 20.8 Å². The Hall–Kier alpha value is -2.97. The Bertz CT molecular complexity index is 952. The molecule has 1 saturated heterocycles. The SMILES string of the molecule is COc1cc(CNCC2CCCO2)ccc1OCc1nnnn1-c1ccc(C)cc1. The third kappa shape index (κ3) is 4.95. The van der Waals surface area contributed by atoms with Gasteiger partial charge in [0.2, 0.25) is 0 Å². The monoisotopic (exact) mass is 409 g/mol. The molecular weight excluding hydrogens is 382 g/mol. The van der Waals surface area contributed by atoms with Crippen molar-refractivity contribution in [1.29, 1.82) is 0 Å². The van der Waals surface area contributed by atoms with E-state index < -0.39 is 0 Å². The highest BCUT2D eigenvalue weighted by molar-refractivity contribution is 5.43. The number of ether oxygens (including phenoxy) is 3. The predicted octanol–water partition coefficient (Wildman–Crippen LogP) is 2.83. The number of aromatic nitrogens is 4. The Balaban J connectivity index is 1.37. The molecule has 3 aromatic rings. The topological polar surface area (TPSA) is 83.3 Å². The van der Waals surface area contributed by atoms with E-state index in [-0.39, 0.29) is 6.61 Å². The maximum Gasteiger partial charge on any atom is 0.194 e. The first-order valence-electron chi connectivity index (χ1n) is 10.2. The fourth-order valence-electron chi connectivity index (χ4n) is 3.45. The van der Waals surface area contributed by atoms with Crippen molar-refractivity contribution in [2.24, 2.45) is 0 Å². The van der Waals surface area contributed by atoms with E-state index in [9.17, 15) is 0 Å². The number of rotatable bonds is 9. The van der Waals surface area contributed by atoms with Crippen LogP contribution in [0.5, 0.6) is 11.5 Å². The van der Waals surface area contributed by atoms with Crippen molar-refractivity contribution in [2.75, 3.05) is 20.3 Å². The summed E-state index contributed by atoms with van der Waals surface area (Å²) in [4.78, 5) is 0. The van der Waals surface area contributed by atoms with E-state index in [1.165, 1.54) is 5.56 Å². The molecule has 0 amide bonds. The average Bonchev–Trinajstić information content (AvgIpc) is 3.45. The number of benzene rings is 2. The van der Waals surface area contributed by atoms with Crippen LogP contribution >= 0.6 is 0 Å². The molecule has 0 spiro atoms. The van der Waals surface area contributed by atoms with Crippen molar-refractivity contribution < 1.29 is 14.2 Å². The van der Waals surface area contributed by atoms with E-state index >= 15 is 0 Å². The van der Waals surface area contributed by atoms with Crippen molar-refractivity contribution in [2.45, 2.75) is 39.0 Å². The maximum atomic E-state index is 5.97. The quantitative estimate of drug-likeness (QED) is 0.582. The zero-order valence-electron chi connectivity index (χ0n) is 17.4. The van der Waals surface area contributed by atoms with Crippen molar-refractivity contribution in [3.05, 3.63) is 59.4 Å². The molecule has 1 aliphatic heterocycles. The van der Waals surface area contributed by atoms with Gasteiger partial charge in [0, 0.05) is 19.7 Å². The lowest BCUT2D eigenvalue weighted by Gasteiger charge is -2.14. The Labute approximate surface area is 176 Å². The molecule has 8 heteroatoms. The molecule has 0 bridgehead atoms. The van der Waals surface area contributed by atoms with Crippen LogP contribution in [0, 0.1) is 6.92 Å². The van der Waals surface area contributed by atoms with Crippen LogP contribution in [0.4, 0.5) is 0 Å². The second-order valence-corrected chi connectivity index (χ2v) is 7.38. The van der Waals surface area contributed by atoms with Crippen LogP contribution in [0.3, 0.4) is 0 Å². The molecule has 0 aliphatic carbocycles. The largest absolute Gasteiger partial charge is 0.493 e. The van der Waals surface area contributed by atoms with E-state index in [1.807, 2.05) is 49.4 Å². The van der Waals surface area contributed by atoms with Crippen LogP contribution in [-0.2, 0) is 17.9 Å². The van der Waals surface area contributed by atoms with Crippen LogP contribution in [0.1, 0.15) is 29.8 Å². The predicted molar refractivity (Wildman–Crippen MR) is 112 cm³/mol. The second-order valence-electron chi connectivity index (χ2n) is 7.38. The van der Waals surface area contributed by atoms with Crippen molar-refractivity contribution >= 4 is 0 Å². The minimum absolute atomic E-state index is 0.230. The van der Waals surface area contributed by atoms with Crippen molar-refractivity contribution in [3.8, 4) is 17.2 Å². The zero-order chi connectivity index (χ0) is 20.8.